The van der Waals surface area contributed by atoms with E-state index in [1.54, 1.807) is 0 Å². The largest absolute Gasteiger partial charge is 0.314 e. The summed E-state index contributed by atoms with van der Waals surface area (Å²) in [6.45, 7) is 7.81. The molecule has 1 aromatic carbocycles. The molecule has 0 aliphatic heterocycles. The van der Waals surface area contributed by atoms with Crippen LogP contribution in [0.5, 0.6) is 0 Å². The highest BCUT2D eigenvalue weighted by Gasteiger charge is 2.14. The minimum Gasteiger partial charge on any atom is -0.314 e. The van der Waals surface area contributed by atoms with E-state index in [1.165, 1.54) is 55.0 Å². The minimum absolute atomic E-state index is 0.555. The Hall–Kier alpha value is -0.340. The van der Waals surface area contributed by atoms with Crippen molar-refractivity contribution in [2.45, 2.75) is 77.7 Å². The third-order valence-corrected chi connectivity index (χ3v) is 4.75. The molecule has 1 N–H and O–H groups in total. The molecular weight excluding hydrogens is 322 g/mol. The molecule has 0 radical (unpaired) electrons. The summed E-state index contributed by atoms with van der Waals surface area (Å²) in [6, 6.07) is 9.25. The van der Waals surface area contributed by atoms with Gasteiger partial charge in [0.2, 0.25) is 0 Å². The molecule has 1 rings (SSSR count). The summed E-state index contributed by atoms with van der Waals surface area (Å²) in [5.74, 6) is 0.620. The Kier molecular flexibility index (Phi) is 10.0. The van der Waals surface area contributed by atoms with Gasteiger partial charge < -0.3 is 5.32 Å². The maximum atomic E-state index is 3.72. The summed E-state index contributed by atoms with van der Waals surface area (Å²) in [5, 5.41) is 3.61. The van der Waals surface area contributed by atoms with Crippen LogP contribution in [0.3, 0.4) is 0 Å². The van der Waals surface area contributed by atoms with Gasteiger partial charge in [0.05, 0.1) is 0 Å². The van der Waals surface area contributed by atoms with Crippen LogP contribution in [-0.4, -0.2) is 12.6 Å². The Labute approximate surface area is 140 Å². The summed E-state index contributed by atoms with van der Waals surface area (Å²) in [4.78, 5) is 0. The Balaban J connectivity index is 2.47. The third kappa shape index (κ3) is 8.01. The molecule has 0 heterocycles. The Morgan fingerprint density at radius 2 is 1.67 bits per heavy atom. The lowest BCUT2D eigenvalue weighted by atomic mass is 9.92. The zero-order valence-electron chi connectivity index (χ0n) is 14.0. The average Bonchev–Trinajstić information content (AvgIpc) is 2.46. The van der Waals surface area contributed by atoms with Crippen LogP contribution in [0, 0.1) is 0 Å². The molecule has 2 heteroatoms. The van der Waals surface area contributed by atoms with Gasteiger partial charge in [0.25, 0.3) is 0 Å². The fraction of sp³-hybridized carbons (Fsp3) is 0.684. The number of unbranched alkanes of at least 4 members (excludes halogenated alkanes) is 5. The fourth-order valence-electron chi connectivity index (χ4n) is 2.72. The van der Waals surface area contributed by atoms with E-state index in [4.69, 9.17) is 0 Å². The standard InChI is InChI=1S/C19H32BrN/c1-4-5-6-7-8-9-12-17(15-21-16(2)3)18-13-10-11-14-19(18)20/h10-11,13-14,16-17,21H,4-9,12,15H2,1-3H3. The first-order valence-electron chi connectivity index (χ1n) is 8.63. The van der Waals surface area contributed by atoms with Gasteiger partial charge in [-0.3, -0.25) is 0 Å². The summed E-state index contributed by atoms with van der Waals surface area (Å²) < 4.78 is 1.26. The van der Waals surface area contributed by atoms with Crippen LogP contribution in [0.1, 0.15) is 77.2 Å². The van der Waals surface area contributed by atoms with Crippen LogP contribution in [0.25, 0.3) is 0 Å². The van der Waals surface area contributed by atoms with Crippen molar-refractivity contribution in [3.8, 4) is 0 Å². The Morgan fingerprint density at radius 1 is 1.00 bits per heavy atom. The zero-order valence-corrected chi connectivity index (χ0v) is 15.6. The maximum Gasteiger partial charge on any atom is 0.0210 e. The summed E-state index contributed by atoms with van der Waals surface area (Å²) in [7, 11) is 0. The van der Waals surface area contributed by atoms with Gasteiger partial charge in [-0.2, -0.15) is 0 Å². The van der Waals surface area contributed by atoms with Crippen LogP contribution < -0.4 is 5.32 Å². The molecule has 1 aromatic rings. The van der Waals surface area contributed by atoms with Crippen LogP contribution in [0.15, 0.2) is 28.7 Å². The van der Waals surface area contributed by atoms with Gasteiger partial charge in [-0.05, 0) is 24.0 Å². The molecule has 0 bridgehead atoms. The average molecular weight is 354 g/mol. The summed E-state index contributed by atoms with van der Waals surface area (Å²) in [6.07, 6.45) is 9.53. The summed E-state index contributed by atoms with van der Waals surface area (Å²) in [5.41, 5.74) is 1.46. The topological polar surface area (TPSA) is 12.0 Å². The first-order valence-corrected chi connectivity index (χ1v) is 9.42. The highest BCUT2D eigenvalue weighted by Crippen LogP contribution is 2.28. The van der Waals surface area contributed by atoms with E-state index in [1.807, 2.05) is 0 Å². The van der Waals surface area contributed by atoms with Gasteiger partial charge in [-0.25, -0.2) is 0 Å². The SMILES string of the molecule is CCCCCCCCC(CNC(C)C)c1ccccc1Br. The predicted molar refractivity (Wildman–Crippen MR) is 98.0 cm³/mol. The molecule has 0 fully saturated rings. The minimum atomic E-state index is 0.555. The molecule has 1 nitrogen and oxygen atoms in total. The van der Waals surface area contributed by atoms with E-state index in [0.29, 0.717) is 12.0 Å². The molecule has 0 aliphatic carbocycles. The highest BCUT2D eigenvalue weighted by molar-refractivity contribution is 9.10. The number of benzene rings is 1. The van der Waals surface area contributed by atoms with Crippen molar-refractivity contribution in [1.82, 2.24) is 5.32 Å². The second-order valence-corrected chi connectivity index (χ2v) is 7.19. The molecule has 1 unspecified atom stereocenters. The Morgan fingerprint density at radius 3 is 2.33 bits per heavy atom. The molecule has 0 saturated heterocycles. The molecule has 21 heavy (non-hydrogen) atoms. The van der Waals surface area contributed by atoms with Gasteiger partial charge >= 0.3 is 0 Å². The van der Waals surface area contributed by atoms with Crippen molar-refractivity contribution in [1.29, 1.82) is 0 Å². The van der Waals surface area contributed by atoms with Crippen LogP contribution in [0.4, 0.5) is 0 Å². The molecule has 120 valence electrons. The van der Waals surface area contributed by atoms with E-state index in [9.17, 15) is 0 Å². The van der Waals surface area contributed by atoms with Crippen molar-refractivity contribution in [2.75, 3.05) is 6.54 Å². The molecule has 0 aliphatic rings. The van der Waals surface area contributed by atoms with Crippen molar-refractivity contribution < 1.29 is 0 Å². The quantitative estimate of drug-likeness (QED) is 0.461. The molecular formula is C19H32BrN. The lowest BCUT2D eigenvalue weighted by Crippen LogP contribution is -2.28. The second-order valence-electron chi connectivity index (χ2n) is 6.34. The van der Waals surface area contributed by atoms with Gasteiger partial charge in [0.15, 0.2) is 0 Å². The van der Waals surface area contributed by atoms with Crippen LogP contribution >= 0.6 is 15.9 Å². The number of nitrogens with one attached hydrogen (secondary N) is 1. The molecule has 0 amide bonds. The Bertz CT molecular complexity index is 376. The lowest BCUT2D eigenvalue weighted by Gasteiger charge is -2.21. The second kappa shape index (κ2) is 11.3. The van der Waals surface area contributed by atoms with Crippen molar-refractivity contribution >= 4 is 15.9 Å². The first kappa shape index (κ1) is 18.7. The lowest BCUT2D eigenvalue weighted by molar-refractivity contribution is 0.481. The summed E-state index contributed by atoms with van der Waals surface area (Å²) >= 11 is 3.72. The van der Waals surface area contributed by atoms with Crippen LogP contribution in [0.2, 0.25) is 0 Å². The number of hydrogen-bond donors (Lipinski definition) is 1. The van der Waals surface area contributed by atoms with Gasteiger partial charge in [0.1, 0.15) is 0 Å². The molecule has 0 spiro atoms. The van der Waals surface area contributed by atoms with E-state index >= 15 is 0 Å². The normalized spacial score (nSPS) is 12.8. The van der Waals surface area contributed by atoms with Crippen LogP contribution in [-0.2, 0) is 0 Å². The maximum absolute atomic E-state index is 3.72. The zero-order chi connectivity index (χ0) is 15.5. The fourth-order valence-corrected chi connectivity index (χ4v) is 3.33. The third-order valence-electron chi connectivity index (χ3n) is 4.02. The van der Waals surface area contributed by atoms with E-state index in [2.05, 4.69) is 66.3 Å². The van der Waals surface area contributed by atoms with Crippen molar-refractivity contribution in [3.63, 3.8) is 0 Å². The molecule has 0 saturated carbocycles. The smallest absolute Gasteiger partial charge is 0.0210 e. The monoisotopic (exact) mass is 353 g/mol. The molecule has 0 aromatic heterocycles. The number of hydrogen-bond acceptors (Lipinski definition) is 1. The van der Waals surface area contributed by atoms with E-state index in [0.717, 1.165) is 6.54 Å². The van der Waals surface area contributed by atoms with Crippen molar-refractivity contribution in [3.05, 3.63) is 34.3 Å². The predicted octanol–water partition coefficient (Wildman–Crippen LogP) is 6.28. The van der Waals surface area contributed by atoms with Gasteiger partial charge in [0, 0.05) is 17.1 Å². The number of halogens is 1. The van der Waals surface area contributed by atoms with Gasteiger partial charge in [-0.1, -0.05) is 93.4 Å². The van der Waals surface area contributed by atoms with Gasteiger partial charge in [-0.15, -0.1) is 0 Å². The highest BCUT2D eigenvalue weighted by atomic mass is 79.9. The number of rotatable bonds is 11. The first-order chi connectivity index (χ1) is 10.1. The van der Waals surface area contributed by atoms with E-state index < -0.39 is 0 Å². The van der Waals surface area contributed by atoms with Crippen molar-refractivity contribution in [2.24, 2.45) is 0 Å². The van der Waals surface area contributed by atoms with E-state index in [-0.39, 0.29) is 0 Å². The molecule has 1 atom stereocenters.